The molecule has 1 N–H and O–H groups in total. The lowest BCUT2D eigenvalue weighted by molar-refractivity contribution is 0.0520. The van der Waals surface area contributed by atoms with Crippen LogP contribution in [0.25, 0.3) is 0 Å². The zero-order chi connectivity index (χ0) is 17.1. The minimum atomic E-state index is -1.13. The molecule has 0 saturated carbocycles. The molecular formula is C17H16N2O5. The molecule has 0 spiro atoms. The van der Waals surface area contributed by atoms with Gasteiger partial charge in [0, 0.05) is 13.2 Å². The summed E-state index contributed by atoms with van der Waals surface area (Å²) in [6, 6.07) is 10.1. The third-order valence-electron chi connectivity index (χ3n) is 3.62. The maximum absolute atomic E-state index is 12.4. The van der Waals surface area contributed by atoms with E-state index in [4.69, 9.17) is 14.6 Å². The van der Waals surface area contributed by atoms with Gasteiger partial charge in [-0.15, -0.1) is 0 Å². The van der Waals surface area contributed by atoms with Crippen LogP contribution >= 0.6 is 0 Å². The molecule has 1 aromatic heterocycles. The van der Waals surface area contributed by atoms with Crippen LogP contribution < -0.4 is 9.47 Å². The van der Waals surface area contributed by atoms with Gasteiger partial charge in [0.2, 0.25) is 0 Å². The Bertz CT molecular complexity index is 760. The number of fused-ring (bicyclic) bond motifs is 1. The van der Waals surface area contributed by atoms with Crippen molar-refractivity contribution >= 4 is 11.9 Å². The van der Waals surface area contributed by atoms with Gasteiger partial charge < -0.3 is 19.5 Å². The standard InChI is InChI=1S/C17H16N2O5/c1-19(16(20)11-6-7-13(17(21)22)18-8-11)9-12-10-23-14-4-2-3-5-15(14)24-12/h2-8,12H,9-10H2,1H3,(H,21,22)/t12-/m0/s1. The van der Waals surface area contributed by atoms with Crippen molar-refractivity contribution in [3.8, 4) is 11.5 Å². The van der Waals surface area contributed by atoms with Crippen molar-refractivity contribution in [1.82, 2.24) is 9.88 Å². The Hall–Kier alpha value is -3.09. The quantitative estimate of drug-likeness (QED) is 0.919. The maximum atomic E-state index is 12.4. The molecule has 0 unspecified atom stereocenters. The predicted molar refractivity (Wildman–Crippen MR) is 84.5 cm³/mol. The molecule has 2 aromatic rings. The van der Waals surface area contributed by atoms with E-state index in [2.05, 4.69) is 4.98 Å². The van der Waals surface area contributed by atoms with Gasteiger partial charge in [0.1, 0.15) is 12.3 Å². The smallest absolute Gasteiger partial charge is 0.354 e. The van der Waals surface area contributed by atoms with Crippen molar-refractivity contribution in [3.63, 3.8) is 0 Å². The molecule has 2 heterocycles. The van der Waals surface area contributed by atoms with Crippen LogP contribution in [0.3, 0.4) is 0 Å². The van der Waals surface area contributed by atoms with Crippen LogP contribution in [0.15, 0.2) is 42.6 Å². The Labute approximate surface area is 138 Å². The average molecular weight is 328 g/mol. The first kappa shape index (κ1) is 15.8. The first-order valence-electron chi connectivity index (χ1n) is 7.38. The SMILES string of the molecule is CN(C[C@H]1COc2ccccc2O1)C(=O)c1ccc(C(=O)O)nc1. The van der Waals surface area contributed by atoms with Crippen LogP contribution in [0.1, 0.15) is 20.8 Å². The number of hydrogen-bond acceptors (Lipinski definition) is 5. The zero-order valence-corrected chi connectivity index (χ0v) is 13.0. The molecular weight excluding hydrogens is 312 g/mol. The summed E-state index contributed by atoms with van der Waals surface area (Å²) in [4.78, 5) is 28.4. The fraction of sp³-hybridized carbons (Fsp3) is 0.235. The molecule has 0 saturated heterocycles. The predicted octanol–water partition coefficient (Wildman–Crippen LogP) is 1.69. The number of carbonyl (C=O) groups excluding carboxylic acids is 1. The number of carboxylic acids is 1. The fourth-order valence-corrected chi connectivity index (χ4v) is 2.41. The van der Waals surface area contributed by atoms with Gasteiger partial charge in [-0.2, -0.15) is 0 Å². The molecule has 1 atom stereocenters. The Morgan fingerprint density at radius 3 is 2.67 bits per heavy atom. The number of amides is 1. The van der Waals surface area contributed by atoms with E-state index in [0.29, 0.717) is 30.2 Å². The number of carboxylic acid groups (broad SMARTS) is 1. The first-order valence-corrected chi connectivity index (χ1v) is 7.38. The van der Waals surface area contributed by atoms with Gasteiger partial charge in [-0.1, -0.05) is 12.1 Å². The van der Waals surface area contributed by atoms with Crippen molar-refractivity contribution in [2.75, 3.05) is 20.2 Å². The number of ether oxygens (including phenoxy) is 2. The Balaban J connectivity index is 1.63. The highest BCUT2D eigenvalue weighted by Gasteiger charge is 2.24. The summed E-state index contributed by atoms with van der Waals surface area (Å²) in [5.41, 5.74) is 0.217. The summed E-state index contributed by atoms with van der Waals surface area (Å²) in [6.07, 6.45) is 0.982. The highest BCUT2D eigenvalue weighted by atomic mass is 16.6. The molecule has 0 fully saturated rings. The minimum absolute atomic E-state index is 0.102. The largest absolute Gasteiger partial charge is 0.486 e. The van der Waals surface area contributed by atoms with E-state index >= 15 is 0 Å². The zero-order valence-electron chi connectivity index (χ0n) is 13.0. The second kappa shape index (κ2) is 6.57. The lowest BCUT2D eigenvalue weighted by atomic mass is 10.2. The molecule has 0 radical (unpaired) electrons. The minimum Gasteiger partial charge on any atom is -0.486 e. The summed E-state index contributed by atoms with van der Waals surface area (Å²) in [5.74, 6) is -0.0473. The second-order valence-corrected chi connectivity index (χ2v) is 5.42. The molecule has 0 bridgehead atoms. The average Bonchev–Trinajstić information content (AvgIpc) is 2.61. The molecule has 7 nitrogen and oxygen atoms in total. The van der Waals surface area contributed by atoms with Gasteiger partial charge in [-0.3, -0.25) is 4.79 Å². The van der Waals surface area contributed by atoms with Crippen LogP contribution in [-0.2, 0) is 0 Å². The van der Waals surface area contributed by atoms with Crippen molar-refractivity contribution in [2.45, 2.75) is 6.10 Å². The molecule has 3 rings (SSSR count). The van der Waals surface area contributed by atoms with Crippen molar-refractivity contribution < 1.29 is 24.2 Å². The van der Waals surface area contributed by atoms with Gasteiger partial charge in [-0.05, 0) is 24.3 Å². The van der Waals surface area contributed by atoms with Crippen molar-refractivity contribution in [1.29, 1.82) is 0 Å². The number of nitrogens with zero attached hydrogens (tertiary/aromatic N) is 2. The highest BCUT2D eigenvalue weighted by Crippen LogP contribution is 2.31. The Morgan fingerprint density at radius 1 is 1.25 bits per heavy atom. The maximum Gasteiger partial charge on any atom is 0.354 e. The summed E-state index contributed by atoms with van der Waals surface area (Å²) in [5, 5.41) is 8.83. The lowest BCUT2D eigenvalue weighted by Crippen LogP contribution is -2.41. The van der Waals surface area contributed by atoms with E-state index in [0.717, 1.165) is 0 Å². The number of benzene rings is 1. The van der Waals surface area contributed by atoms with Gasteiger partial charge in [0.15, 0.2) is 17.6 Å². The number of aromatic nitrogens is 1. The monoisotopic (exact) mass is 328 g/mol. The van der Waals surface area contributed by atoms with E-state index in [-0.39, 0.29) is 17.7 Å². The number of aromatic carboxylic acids is 1. The van der Waals surface area contributed by atoms with Crippen LogP contribution in [0.5, 0.6) is 11.5 Å². The lowest BCUT2D eigenvalue weighted by Gasteiger charge is -2.29. The Kier molecular flexibility index (Phi) is 4.33. The molecule has 1 aliphatic rings. The number of carbonyl (C=O) groups is 2. The van der Waals surface area contributed by atoms with Crippen LogP contribution in [-0.4, -0.2) is 53.2 Å². The van der Waals surface area contributed by atoms with Gasteiger partial charge in [-0.25, -0.2) is 9.78 Å². The summed E-state index contributed by atoms with van der Waals surface area (Å²) < 4.78 is 11.5. The van der Waals surface area contributed by atoms with Crippen LogP contribution in [0.4, 0.5) is 0 Å². The van der Waals surface area contributed by atoms with Crippen LogP contribution in [0.2, 0.25) is 0 Å². The van der Waals surface area contributed by atoms with E-state index in [1.165, 1.54) is 23.2 Å². The van der Waals surface area contributed by atoms with Crippen molar-refractivity contribution in [3.05, 3.63) is 53.9 Å². The summed E-state index contributed by atoms with van der Waals surface area (Å²) in [6.45, 7) is 0.693. The molecule has 1 amide bonds. The highest BCUT2D eigenvalue weighted by molar-refractivity contribution is 5.94. The summed E-state index contributed by atoms with van der Waals surface area (Å²) >= 11 is 0. The Morgan fingerprint density at radius 2 is 2.00 bits per heavy atom. The van der Waals surface area contributed by atoms with E-state index in [1.54, 1.807) is 7.05 Å². The molecule has 24 heavy (non-hydrogen) atoms. The number of para-hydroxylation sites is 2. The molecule has 124 valence electrons. The van der Waals surface area contributed by atoms with Crippen LogP contribution in [0, 0.1) is 0 Å². The number of hydrogen-bond donors (Lipinski definition) is 1. The van der Waals surface area contributed by atoms with E-state index in [9.17, 15) is 9.59 Å². The number of likely N-dealkylation sites (N-methyl/N-ethyl adjacent to an activating group) is 1. The molecule has 1 aromatic carbocycles. The summed E-state index contributed by atoms with van der Waals surface area (Å²) in [7, 11) is 1.65. The topological polar surface area (TPSA) is 89.0 Å². The molecule has 0 aliphatic carbocycles. The van der Waals surface area contributed by atoms with E-state index < -0.39 is 5.97 Å². The van der Waals surface area contributed by atoms with E-state index in [1.807, 2.05) is 24.3 Å². The second-order valence-electron chi connectivity index (χ2n) is 5.42. The normalized spacial score (nSPS) is 15.6. The number of rotatable bonds is 4. The third-order valence-corrected chi connectivity index (χ3v) is 3.62. The van der Waals surface area contributed by atoms with Gasteiger partial charge in [0.25, 0.3) is 5.91 Å². The molecule has 7 heteroatoms. The first-order chi connectivity index (χ1) is 11.5. The number of pyridine rings is 1. The fourth-order valence-electron chi connectivity index (χ4n) is 2.41. The molecule has 1 aliphatic heterocycles. The van der Waals surface area contributed by atoms with Gasteiger partial charge in [0.05, 0.1) is 12.1 Å². The van der Waals surface area contributed by atoms with Crippen molar-refractivity contribution in [2.24, 2.45) is 0 Å². The van der Waals surface area contributed by atoms with Gasteiger partial charge >= 0.3 is 5.97 Å². The third kappa shape index (κ3) is 3.29.